The molecule has 0 radical (unpaired) electrons. The first-order valence-corrected chi connectivity index (χ1v) is 9.97. The zero-order valence-corrected chi connectivity index (χ0v) is 16.4. The van der Waals surface area contributed by atoms with Crippen molar-refractivity contribution >= 4 is 33.3 Å². The Bertz CT molecular complexity index is 1060. The van der Waals surface area contributed by atoms with Crippen molar-refractivity contribution in [3.8, 4) is 0 Å². The summed E-state index contributed by atoms with van der Waals surface area (Å²) in [7, 11) is 0. The van der Waals surface area contributed by atoms with Gasteiger partial charge in [0, 0.05) is 25.0 Å². The topological polar surface area (TPSA) is 89.4 Å². The highest BCUT2D eigenvalue weighted by Gasteiger charge is 2.14. The van der Waals surface area contributed by atoms with Gasteiger partial charge in [0.2, 0.25) is 5.91 Å². The Morgan fingerprint density at radius 3 is 2.96 bits per heavy atom. The van der Waals surface area contributed by atoms with Crippen molar-refractivity contribution in [3.05, 3.63) is 51.5 Å². The van der Waals surface area contributed by atoms with Gasteiger partial charge < -0.3 is 10.1 Å². The molecule has 28 heavy (non-hydrogen) atoms. The number of nitrogens with one attached hydrogen (secondary N) is 1. The van der Waals surface area contributed by atoms with Crippen molar-refractivity contribution in [2.75, 3.05) is 31.6 Å². The summed E-state index contributed by atoms with van der Waals surface area (Å²) in [6.45, 7) is 5.79. The Labute approximate surface area is 165 Å². The van der Waals surface area contributed by atoms with E-state index < -0.39 is 0 Å². The fourth-order valence-corrected chi connectivity index (χ4v) is 3.91. The number of aryl methyl sites for hydroxylation is 1. The van der Waals surface area contributed by atoms with Crippen molar-refractivity contribution < 1.29 is 9.53 Å². The maximum Gasteiger partial charge on any atom is 0.261 e. The molecule has 0 bridgehead atoms. The minimum Gasteiger partial charge on any atom is -0.379 e. The molecule has 3 aromatic rings. The van der Waals surface area contributed by atoms with Crippen LogP contribution in [0.25, 0.3) is 10.9 Å². The molecule has 4 rings (SSSR count). The summed E-state index contributed by atoms with van der Waals surface area (Å²) in [6.07, 6.45) is 1.42. The number of ether oxygens (including phenoxy) is 1. The van der Waals surface area contributed by atoms with Crippen LogP contribution >= 0.6 is 11.3 Å². The summed E-state index contributed by atoms with van der Waals surface area (Å²) < 4.78 is 6.66. The first-order valence-electron chi connectivity index (χ1n) is 9.09. The molecule has 0 unspecified atom stereocenters. The number of benzene rings is 1. The van der Waals surface area contributed by atoms with E-state index in [0.717, 1.165) is 44.1 Å². The lowest BCUT2D eigenvalue weighted by Gasteiger charge is -2.25. The molecule has 0 atom stereocenters. The van der Waals surface area contributed by atoms with Crippen LogP contribution in [0.2, 0.25) is 0 Å². The monoisotopic (exact) mass is 399 g/mol. The van der Waals surface area contributed by atoms with Crippen molar-refractivity contribution in [3.63, 3.8) is 0 Å². The van der Waals surface area contributed by atoms with E-state index in [4.69, 9.17) is 4.74 Å². The highest BCUT2D eigenvalue weighted by atomic mass is 32.1. The molecule has 3 heterocycles. The first kappa shape index (κ1) is 18.7. The van der Waals surface area contributed by atoms with Crippen LogP contribution in [-0.2, 0) is 22.6 Å². The van der Waals surface area contributed by atoms with Gasteiger partial charge in [0.15, 0.2) is 5.13 Å². The minimum absolute atomic E-state index is 0.103. The molecule has 146 valence electrons. The fraction of sp³-hybridized carbons (Fsp3) is 0.368. The summed E-state index contributed by atoms with van der Waals surface area (Å²) in [5.74, 6) is -0.303. The number of hydrogen-bond acceptors (Lipinski definition) is 7. The highest BCUT2D eigenvalue weighted by molar-refractivity contribution is 7.13. The summed E-state index contributed by atoms with van der Waals surface area (Å²) in [5.41, 5.74) is 2.29. The Morgan fingerprint density at radius 2 is 2.14 bits per heavy atom. The second-order valence-electron chi connectivity index (χ2n) is 6.73. The van der Waals surface area contributed by atoms with E-state index in [1.807, 2.05) is 24.4 Å². The number of anilines is 1. The average molecular weight is 399 g/mol. The summed E-state index contributed by atoms with van der Waals surface area (Å²) >= 11 is 1.38. The Hall–Kier alpha value is -2.62. The van der Waals surface area contributed by atoms with Crippen LogP contribution in [0.5, 0.6) is 0 Å². The van der Waals surface area contributed by atoms with Crippen LogP contribution in [0.4, 0.5) is 5.13 Å². The second-order valence-corrected chi connectivity index (χ2v) is 7.59. The number of para-hydroxylation sites is 1. The minimum atomic E-state index is -0.303. The van der Waals surface area contributed by atoms with Gasteiger partial charge in [-0.2, -0.15) is 0 Å². The van der Waals surface area contributed by atoms with Crippen LogP contribution in [0.3, 0.4) is 0 Å². The number of amides is 1. The van der Waals surface area contributed by atoms with Gasteiger partial charge in [-0.25, -0.2) is 9.97 Å². The molecule has 1 amide bonds. The third-order valence-corrected chi connectivity index (χ3v) is 5.46. The van der Waals surface area contributed by atoms with E-state index in [2.05, 4.69) is 20.2 Å². The van der Waals surface area contributed by atoms with E-state index in [0.29, 0.717) is 16.0 Å². The molecule has 1 N–H and O–H groups in total. The summed E-state index contributed by atoms with van der Waals surface area (Å²) in [5, 5.41) is 5.76. The standard InChI is InChI=1S/C19H21N5O3S/c1-13-3-2-4-15-17(13)20-12-24(18(15)26)10-16(25)22-19-21-14(11-28-19)9-23-5-7-27-8-6-23/h2-4,11-12H,5-10H2,1H3,(H,21,22,25). The van der Waals surface area contributed by atoms with E-state index in [1.165, 1.54) is 22.2 Å². The molecule has 1 fully saturated rings. The van der Waals surface area contributed by atoms with Gasteiger partial charge in [0.1, 0.15) is 6.54 Å². The predicted octanol–water partition coefficient (Wildman–Crippen LogP) is 1.63. The SMILES string of the molecule is Cc1cccc2c(=O)n(CC(=O)Nc3nc(CN4CCOCC4)cs3)cnc12. The average Bonchev–Trinajstić information content (AvgIpc) is 3.12. The van der Waals surface area contributed by atoms with Gasteiger partial charge in [0.25, 0.3) is 5.56 Å². The lowest BCUT2D eigenvalue weighted by molar-refractivity contribution is -0.116. The predicted molar refractivity (Wildman–Crippen MR) is 108 cm³/mol. The number of aromatic nitrogens is 3. The molecule has 1 aromatic carbocycles. The van der Waals surface area contributed by atoms with Gasteiger partial charge in [0.05, 0.1) is 36.1 Å². The molecular formula is C19H21N5O3S. The number of carbonyl (C=O) groups excluding carboxylic acids is 1. The Balaban J connectivity index is 1.41. The van der Waals surface area contributed by atoms with Crippen LogP contribution < -0.4 is 10.9 Å². The number of fused-ring (bicyclic) bond motifs is 1. The van der Waals surface area contributed by atoms with Crippen molar-refractivity contribution in [1.29, 1.82) is 0 Å². The molecule has 1 saturated heterocycles. The summed E-state index contributed by atoms with van der Waals surface area (Å²) in [6, 6.07) is 5.45. The van der Waals surface area contributed by atoms with Gasteiger partial charge in [-0.05, 0) is 18.6 Å². The van der Waals surface area contributed by atoms with Crippen LogP contribution in [0.15, 0.2) is 34.7 Å². The lowest BCUT2D eigenvalue weighted by atomic mass is 10.1. The molecule has 8 nitrogen and oxygen atoms in total. The van der Waals surface area contributed by atoms with E-state index in [1.54, 1.807) is 6.07 Å². The fourth-order valence-electron chi connectivity index (χ4n) is 3.19. The van der Waals surface area contributed by atoms with Gasteiger partial charge in [-0.15, -0.1) is 11.3 Å². The van der Waals surface area contributed by atoms with Crippen LogP contribution in [-0.4, -0.2) is 51.6 Å². The number of thiazole rings is 1. The van der Waals surface area contributed by atoms with Crippen LogP contribution in [0, 0.1) is 6.92 Å². The smallest absolute Gasteiger partial charge is 0.261 e. The molecular weight excluding hydrogens is 378 g/mol. The molecule has 9 heteroatoms. The third-order valence-electron chi connectivity index (χ3n) is 4.66. The molecule has 0 saturated carbocycles. The van der Waals surface area contributed by atoms with Crippen LogP contribution in [0.1, 0.15) is 11.3 Å². The Morgan fingerprint density at radius 1 is 1.32 bits per heavy atom. The van der Waals surface area contributed by atoms with E-state index >= 15 is 0 Å². The lowest BCUT2D eigenvalue weighted by Crippen LogP contribution is -2.35. The number of hydrogen-bond donors (Lipinski definition) is 1. The zero-order valence-electron chi connectivity index (χ0n) is 15.6. The van der Waals surface area contributed by atoms with Gasteiger partial charge in [-0.3, -0.25) is 19.1 Å². The molecule has 1 aliphatic rings. The zero-order chi connectivity index (χ0) is 19.5. The normalized spacial score (nSPS) is 15.0. The highest BCUT2D eigenvalue weighted by Crippen LogP contribution is 2.17. The largest absolute Gasteiger partial charge is 0.379 e. The van der Waals surface area contributed by atoms with Crippen molar-refractivity contribution in [2.24, 2.45) is 0 Å². The van der Waals surface area contributed by atoms with Crippen molar-refractivity contribution in [1.82, 2.24) is 19.4 Å². The maximum atomic E-state index is 12.6. The van der Waals surface area contributed by atoms with E-state index in [-0.39, 0.29) is 18.0 Å². The second kappa shape index (κ2) is 8.17. The molecule has 0 spiro atoms. The third kappa shape index (κ3) is 4.11. The molecule has 2 aromatic heterocycles. The quantitative estimate of drug-likeness (QED) is 0.702. The van der Waals surface area contributed by atoms with Gasteiger partial charge in [-0.1, -0.05) is 12.1 Å². The van der Waals surface area contributed by atoms with Crippen molar-refractivity contribution in [2.45, 2.75) is 20.0 Å². The molecule has 0 aliphatic carbocycles. The first-order chi connectivity index (χ1) is 13.6. The number of nitrogens with zero attached hydrogens (tertiary/aromatic N) is 4. The maximum absolute atomic E-state index is 12.6. The van der Waals surface area contributed by atoms with E-state index in [9.17, 15) is 9.59 Å². The summed E-state index contributed by atoms with van der Waals surface area (Å²) in [4.78, 5) is 36.1. The van der Waals surface area contributed by atoms with Gasteiger partial charge >= 0.3 is 0 Å². The number of carbonyl (C=O) groups is 1. The number of rotatable bonds is 5. The molecule has 1 aliphatic heterocycles. The number of morpholine rings is 1. The Kier molecular flexibility index (Phi) is 5.47.